The van der Waals surface area contributed by atoms with Gasteiger partial charge in [0.2, 0.25) is 11.7 Å². The molecule has 0 bridgehead atoms. The summed E-state index contributed by atoms with van der Waals surface area (Å²) in [4.78, 5) is 27.2. The zero-order valence-electron chi connectivity index (χ0n) is 20.3. The minimum Gasteiger partial charge on any atom is -0.487 e. The molecule has 1 amide bonds. The number of nitrogens with one attached hydrogen (secondary N) is 1. The summed E-state index contributed by atoms with van der Waals surface area (Å²) >= 11 is 0. The molecule has 2 heterocycles. The van der Waals surface area contributed by atoms with E-state index < -0.39 is 5.97 Å². The van der Waals surface area contributed by atoms with Gasteiger partial charge in [-0.1, -0.05) is 0 Å². The number of rotatable bonds is 8. The Morgan fingerprint density at radius 2 is 1.61 bits per heavy atom. The fourth-order valence-corrected chi connectivity index (χ4v) is 5.48. The molecule has 1 spiro atoms. The van der Waals surface area contributed by atoms with E-state index in [0.29, 0.717) is 24.5 Å². The van der Waals surface area contributed by atoms with Crippen LogP contribution in [0.2, 0.25) is 0 Å². The van der Waals surface area contributed by atoms with E-state index in [-0.39, 0.29) is 34.9 Å². The molecule has 36 heavy (non-hydrogen) atoms. The van der Waals surface area contributed by atoms with E-state index in [9.17, 15) is 14.0 Å². The van der Waals surface area contributed by atoms with E-state index in [1.54, 1.807) is 29.2 Å². The van der Waals surface area contributed by atoms with Gasteiger partial charge in [0, 0.05) is 42.5 Å². The SMILES string of the molecule is O=C(O)c1ccc(N2CC3(CC[NH+](Cc4cc(OC5CC5)c(F)c(OC5CC5)c4)CC3)CC2=O)cc1. The summed E-state index contributed by atoms with van der Waals surface area (Å²) in [6.45, 7) is 3.32. The molecule has 6 rings (SSSR count). The van der Waals surface area contributed by atoms with Crippen molar-refractivity contribution >= 4 is 17.6 Å². The van der Waals surface area contributed by atoms with Gasteiger partial charge in [0.15, 0.2) is 11.5 Å². The lowest BCUT2D eigenvalue weighted by Crippen LogP contribution is -3.12. The van der Waals surface area contributed by atoms with Gasteiger partial charge in [-0.3, -0.25) is 4.79 Å². The predicted octanol–water partition coefficient (Wildman–Crippen LogP) is 3.21. The first-order chi connectivity index (χ1) is 17.4. The van der Waals surface area contributed by atoms with Gasteiger partial charge in [0.25, 0.3) is 0 Å². The van der Waals surface area contributed by atoms with Crippen LogP contribution in [0.25, 0.3) is 0 Å². The number of quaternary nitrogens is 1. The van der Waals surface area contributed by atoms with E-state index in [4.69, 9.17) is 14.6 Å². The maximum absolute atomic E-state index is 15.0. The van der Waals surface area contributed by atoms with Crippen LogP contribution in [0, 0.1) is 11.2 Å². The molecule has 2 aromatic carbocycles. The minimum atomic E-state index is -0.972. The Morgan fingerprint density at radius 3 is 2.14 bits per heavy atom. The molecule has 0 radical (unpaired) electrons. The van der Waals surface area contributed by atoms with Crippen LogP contribution in [0.15, 0.2) is 36.4 Å². The lowest BCUT2D eigenvalue weighted by atomic mass is 9.77. The van der Waals surface area contributed by atoms with Crippen molar-refractivity contribution < 1.29 is 33.5 Å². The maximum atomic E-state index is 15.0. The summed E-state index contributed by atoms with van der Waals surface area (Å²) in [5.41, 5.74) is 1.95. The molecule has 0 aromatic heterocycles. The van der Waals surface area contributed by atoms with Crippen LogP contribution in [0.5, 0.6) is 11.5 Å². The van der Waals surface area contributed by atoms with Gasteiger partial charge in [-0.15, -0.1) is 0 Å². The molecule has 2 N–H and O–H groups in total. The molecule has 2 saturated heterocycles. The molecule has 7 nitrogen and oxygen atoms in total. The maximum Gasteiger partial charge on any atom is 0.335 e. The Hall–Kier alpha value is -3.13. The Balaban J connectivity index is 1.11. The Bertz CT molecular complexity index is 1130. The number of carbonyl (C=O) groups excluding carboxylic acids is 1. The van der Waals surface area contributed by atoms with Gasteiger partial charge in [-0.05, 0) is 62.1 Å². The number of hydrogen-bond acceptors (Lipinski definition) is 4. The largest absolute Gasteiger partial charge is 0.487 e. The van der Waals surface area contributed by atoms with Gasteiger partial charge < -0.3 is 24.4 Å². The van der Waals surface area contributed by atoms with E-state index in [0.717, 1.165) is 69.4 Å². The van der Waals surface area contributed by atoms with Crippen LogP contribution in [-0.2, 0) is 11.3 Å². The standard InChI is InChI=1S/C28H31FN2O5/c29-26-23(35-21-5-6-21)13-18(14-24(26)36-22-7-8-22)16-30-11-9-28(10-12-30)15-25(32)31(17-28)20-3-1-19(2-4-20)27(33)34/h1-4,13-14,21-22H,5-12,15-17H2,(H,33,34)/p+1. The van der Waals surface area contributed by atoms with Crippen molar-refractivity contribution in [1.82, 2.24) is 0 Å². The van der Waals surface area contributed by atoms with Crippen LogP contribution < -0.4 is 19.3 Å². The molecule has 2 aliphatic heterocycles. The number of carboxylic acids is 1. The van der Waals surface area contributed by atoms with Crippen molar-refractivity contribution in [2.45, 2.75) is 63.7 Å². The van der Waals surface area contributed by atoms with Crippen molar-refractivity contribution in [3.05, 3.63) is 53.3 Å². The first kappa shape index (κ1) is 23.3. The van der Waals surface area contributed by atoms with Crippen molar-refractivity contribution in [2.75, 3.05) is 24.5 Å². The average molecular weight is 496 g/mol. The van der Waals surface area contributed by atoms with Crippen LogP contribution in [0.3, 0.4) is 0 Å². The van der Waals surface area contributed by atoms with Gasteiger partial charge in [-0.25, -0.2) is 4.79 Å². The molecule has 8 heteroatoms. The number of amides is 1. The Morgan fingerprint density at radius 1 is 1.03 bits per heavy atom. The second-order valence-electron chi connectivity index (χ2n) is 11.0. The summed E-state index contributed by atoms with van der Waals surface area (Å²) in [5, 5.41) is 9.13. The zero-order valence-corrected chi connectivity index (χ0v) is 20.3. The molecule has 2 saturated carbocycles. The smallest absolute Gasteiger partial charge is 0.335 e. The molecule has 2 aromatic rings. The van der Waals surface area contributed by atoms with Gasteiger partial charge in [0.1, 0.15) is 6.54 Å². The second-order valence-corrected chi connectivity index (χ2v) is 11.0. The highest BCUT2D eigenvalue weighted by Gasteiger charge is 2.46. The number of likely N-dealkylation sites (tertiary alicyclic amines) is 1. The van der Waals surface area contributed by atoms with Crippen LogP contribution in [-0.4, -0.2) is 48.8 Å². The minimum absolute atomic E-state index is 0.0463. The van der Waals surface area contributed by atoms with Crippen molar-refractivity contribution in [3.8, 4) is 11.5 Å². The molecular formula is C28H32FN2O5+. The number of nitrogens with zero attached hydrogens (tertiary/aromatic N) is 1. The first-order valence-electron chi connectivity index (χ1n) is 13.0. The second kappa shape index (κ2) is 9.07. The van der Waals surface area contributed by atoms with E-state index >= 15 is 0 Å². The number of benzene rings is 2. The number of ether oxygens (including phenoxy) is 2. The Kier molecular flexibility index (Phi) is 5.86. The molecule has 0 atom stereocenters. The first-order valence-corrected chi connectivity index (χ1v) is 13.0. The number of halogens is 1. The predicted molar refractivity (Wildman–Crippen MR) is 130 cm³/mol. The molecular weight excluding hydrogens is 463 g/mol. The fourth-order valence-electron chi connectivity index (χ4n) is 5.48. The fraction of sp³-hybridized carbons (Fsp3) is 0.500. The molecule has 190 valence electrons. The number of hydrogen-bond donors (Lipinski definition) is 2. The monoisotopic (exact) mass is 495 g/mol. The number of piperidine rings is 1. The van der Waals surface area contributed by atoms with Crippen LogP contribution in [0.4, 0.5) is 10.1 Å². The third-order valence-electron chi connectivity index (χ3n) is 7.92. The summed E-state index contributed by atoms with van der Waals surface area (Å²) in [7, 11) is 0. The molecule has 4 aliphatic rings. The lowest BCUT2D eigenvalue weighted by molar-refractivity contribution is -0.921. The number of carboxylic acid groups (broad SMARTS) is 1. The van der Waals surface area contributed by atoms with Gasteiger partial charge in [-0.2, -0.15) is 4.39 Å². The highest BCUT2D eigenvalue weighted by atomic mass is 19.1. The van der Waals surface area contributed by atoms with Gasteiger partial charge in [0.05, 0.1) is 30.9 Å². The number of anilines is 1. The van der Waals surface area contributed by atoms with E-state index in [1.165, 1.54) is 4.90 Å². The van der Waals surface area contributed by atoms with Crippen molar-refractivity contribution in [2.24, 2.45) is 5.41 Å². The van der Waals surface area contributed by atoms with Crippen molar-refractivity contribution in [1.29, 1.82) is 0 Å². The highest BCUT2D eigenvalue weighted by molar-refractivity contribution is 5.97. The van der Waals surface area contributed by atoms with Crippen LogP contribution in [0.1, 0.15) is 60.9 Å². The normalized spacial score (nSPS) is 25.9. The summed E-state index contributed by atoms with van der Waals surface area (Å²) in [5.74, 6) is -0.636. The summed E-state index contributed by atoms with van der Waals surface area (Å²) < 4.78 is 26.7. The molecule has 2 aliphatic carbocycles. The summed E-state index contributed by atoms with van der Waals surface area (Å²) in [6.07, 6.45) is 6.54. The van der Waals surface area contributed by atoms with Gasteiger partial charge >= 0.3 is 5.97 Å². The van der Waals surface area contributed by atoms with E-state index in [1.807, 2.05) is 12.1 Å². The quantitative estimate of drug-likeness (QED) is 0.588. The number of carbonyl (C=O) groups is 2. The van der Waals surface area contributed by atoms with Crippen LogP contribution >= 0.6 is 0 Å². The molecule has 4 fully saturated rings. The van der Waals surface area contributed by atoms with E-state index in [2.05, 4.69) is 0 Å². The topological polar surface area (TPSA) is 80.5 Å². The Labute approximate surface area is 209 Å². The number of aromatic carboxylic acids is 1. The molecule has 0 unspecified atom stereocenters. The highest BCUT2D eigenvalue weighted by Crippen LogP contribution is 2.41. The summed E-state index contributed by atoms with van der Waals surface area (Å²) in [6, 6.07) is 10.2. The third-order valence-corrected chi connectivity index (χ3v) is 7.92. The lowest BCUT2D eigenvalue weighted by Gasteiger charge is -2.36. The third kappa shape index (κ3) is 4.91. The average Bonchev–Trinajstić information content (AvgIpc) is 3.79. The van der Waals surface area contributed by atoms with Crippen molar-refractivity contribution in [3.63, 3.8) is 0 Å². The zero-order chi connectivity index (χ0) is 24.9.